The molecular weight excluding hydrogens is 1290 g/mol. The molecule has 5 nitrogen and oxygen atoms in total. The van der Waals surface area contributed by atoms with Crippen molar-refractivity contribution in [2.75, 3.05) is 0 Å². The molecule has 6 heteroatoms. The Labute approximate surface area is 560 Å². The summed E-state index contributed by atoms with van der Waals surface area (Å²) >= 11 is 0. The van der Waals surface area contributed by atoms with Gasteiger partial charge >= 0.3 is 0 Å². The van der Waals surface area contributed by atoms with Crippen molar-refractivity contribution in [3.63, 3.8) is 0 Å². The minimum absolute atomic E-state index is 0. The van der Waals surface area contributed by atoms with Gasteiger partial charge in [-0.15, -0.1) is 29.7 Å². The van der Waals surface area contributed by atoms with Crippen molar-refractivity contribution in [3.05, 3.63) is 329 Å². The SMILES string of the molecule is [2H]c1c([2H])c([2H])c(-c2cccc(-c3c([2H])c([2H])c([2H])c([2H])c3[2H])c2-[n+]2[c-]n(-c3[c-]c(Oc4[c-]c5c(cc4)c4ccccc4n5-c4cc(C(C)(C)C)ccn4)ccc3)c3cc(-c4ccc5c(c4)C4(C)c6ccccc6C6(C)c7ccccc7C7(C)c8ccccc8C5(C)C764)ccc32)c([2H])c1[2H].[Pt]. The Hall–Kier alpha value is -9.67. The van der Waals surface area contributed by atoms with Crippen LogP contribution in [-0.4, -0.2) is 14.1 Å². The summed E-state index contributed by atoms with van der Waals surface area (Å²) in [7, 11) is 0. The first-order chi connectivity index (χ1) is 47.9. The van der Waals surface area contributed by atoms with Gasteiger partial charge in [0.15, 0.2) is 0 Å². The molecular formula is C85H64N4OPt-2. The van der Waals surface area contributed by atoms with Crippen LogP contribution in [0.3, 0.4) is 0 Å². The Bertz CT molecular complexity index is 5830. The van der Waals surface area contributed by atoms with E-state index in [0.29, 0.717) is 28.2 Å². The number of benzene rings is 11. The molecule has 91 heavy (non-hydrogen) atoms. The van der Waals surface area contributed by atoms with Gasteiger partial charge in [-0.3, -0.25) is 4.57 Å². The Balaban J connectivity index is 0.00000760. The predicted octanol–water partition coefficient (Wildman–Crippen LogP) is 19.5. The van der Waals surface area contributed by atoms with Crippen LogP contribution in [0.1, 0.15) is 112 Å². The molecule has 3 aromatic heterocycles. The third-order valence-corrected chi connectivity index (χ3v) is 21.5. The molecule has 11 aromatic carbocycles. The summed E-state index contributed by atoms with van der Waals surface area (Å²) in [6, 6.07) is 69.2. The number of imidazole rings is 1. The van der Waals surface area contributed by atoms with Gasteiger partial charge in [0.25, 0.3) is 6.33 Å². The third-order valence-electron chi connectivity index (χ3n) is 21.5. The second-order valence-electron chi connectivity index (χ2n) is 26.4. The van der Waals surface area contributed by atoms with Crippen molar-refractivity contribution in [3.8, 4) is 62.1 Å². The Morgan fingerprint density at radius 3 is 1.60 bits per heavy atom. The van der Waals surface area contributed by atoms with E-state index >= 15 is 0 Å². The molecule has 0 amide bonds. The van der Waals surface area contributed by atoms with Gasteiger partial charge in [0.2, 0.25) is 0 Å². The zero-order valence-corrected chi connectivity index (χ0v) is 53.3. The van der Waals surface area contributed by atoms with Crippen LogP contribution >= 0.6 is 0 Å². The second-order valence-corrected chi connectivity index (χ2v) is 26.4. The maximum atomic E-state index is 9.43. The van der Waals surface area contributed by atoms with E-state index in [1.807, 2.05) is 65.4 Å². The summed E-state index contributed by atoms with van der Waals surface area (Å²) in [5, 5.41) is 2.01. The monoisotopic (exact) mass is 1360 g/mol. The van der Waals surface area contributed by atoms with E-state index in [1.54, 1.807) is 22.8 Å². The summed E-state index contributed by atoms with van der Waals surface area (Å²) < 4.78 is 103. The zero-order chi connectivity index (χ0) is 69.4. The quantitative estimate of drug-likeness (QED) is 0.112. The number of hydrogen-bond donors (Lipinski definition) is 0. The number of ether oxygens (including phenoxy) is 1. The maximum Gasteiger partial charge on any atom is 0.268 e. The minimum atomic E-state index is -0.582. The molecule has 5 atom stereocenters. The predicted molar refractivity (Wildman–Crippen MR) is 363 cm³/mol. The van der Waals surface area contributed by atoms with Crippen LogP contribution < -0.4 is 9.30 Å². The molecule has 4 aliphatic rings. The van der Waals surface area contributed by atoms with Crippen molar-refractivity contribution in [1.29, 1.82) is 0 Å². The van der Waals surface area contributed by atoms with Crippen LogP contribution in [0, 0.1) is 23.9 Å². The number of para-hydroxylation sites is 2. The smallest absolute Gasteiger partial charge is 0.268 e. The van der Waals surface area contributed by atoms with Crippen molar-refractivity contribution < 1.29 is 44.1 Å². The molecule has 0 fully saturated rings. The van der Waals surface area contributed by atoms with E-state index in [2.05, 4.69) is 193 Å². The summed E-state index contributed by atoms with van der Waals surface area (Å²) in [4.78, 5) is 4.90. The third kappa shape index (κ3) is 7.00. The molecule has 0 saturated carbocycles. The van der Waals surface area contributed by atoms with Crippen molar-refractivity contribution in [1.82, 2.24) is 14.1 Å². The molecule has 1 spiro atoms. The minimum Gasteiger partial charge on any atom is -0.510 e. The van der Waals surface area contributed by atoms with Gasteiger partial charge in [-0.2, -0.15) is 18.2 Å². The molecule has 18 rings (SSSR count). The number of fused-ring (bicyclic) bond motifs is 16. The van der Waals surface area contributed by atoms with Gasteiger partial charge in [0.05, 0.1) is 30.4 Å². The Kier molecular flexibility index (Phi) is 9.72. The summed E-state index contributed by atoms with van der Waals surface area (Å²) in [6.45, 7) is 16.6. The molecule has 0 aliphatic heterocycles. The molecule has 5 unspecified atom stereocenters. The molecule has 442 valence electrons. The van der Waals surface area contributed by atoms with Gasteiger partial charge in [0.1, 0.15) is 5.82 Å². The largest absolute Gasteiger partial charge is 0.510 e. The van der Waals surface area contributed by atoms with Crippen LogP contribution in [0.5, 0.6) is 11.5 Å². The first kappa shape index (κ1) is 45.6. The molecule has 14 aromatic rings. The van der Waals surface area contributed by atoms with Crippen molar-refractivity contribution >= 4 is 32.8 Å². The average molecular weight is 1360 g/mol. The fourth-order valence-corrected chi connectivity index (χ4v) is 18.3. The maximum absolute atomic E-state index is 9.43. The van der Waals surface area contributed by atoms with Gasteiger partial charge in [-0.25, -0.2) is 4.98 Å². The van der Waals surface area contributed by atoms with E-state index in [9.17, 15) is 5.48 Å². The van der Waals surface area contributed by atoms with Crippen LogP contribution in [0.4, 0.5) is 0 Å². The van der Waals surface area contributed by atoms with Crippen LogP contribution in [0.25, 0.3) is 83.4 Å². The van der Waals surface area contributed by atoms with E-state index < -0.39 is 87.5 Å². The average Bonchev–Trinajstić information content (AvgIpc) is 1.41. The van der Waals surface area contributed by atoms with Crippen molar-refractivity contribution in [2.45, 2.75) is 75.5 Å². The van der Waals surface area contributed by atoms with E-state index in [1.165, 1.54) is 44.5 Å². The number of pyridine rings is 1. The zero-order valence-electron chi connectivity index (χ0n) is 61.1. The molecule has 0 saturated heterocycles. The normalized spacial score (nSPS) is 22.8. The van der Waals surface area contributed by atoms with Crippen LogP contribution in [0.2, 0.25) is 0 Å². The Morgan fingerprint density at radius 2 is 1.00 bits per heavy atom. The van der Waals surface area contributed by atoms with E-state index in [-0.39, 0.29) is 54.4 Å². The van der Waals surface area contributed by atoms with Crippen molar-refractivity contribution in [2.24, 2.45) is 5.41 Å². The van der Waals surface area contributed by atoms with E-state index in [4.69, 9.17) is 17.9 Å². The van der Waals surface area contributed by atoms with Crippen LogP contribution in [0.15, 0.2) is 261 Å². The first-order valence-corrected chi connectivity index (χ1v) is 30.8. The standard InChI is InChI=1S/C85H64N4O.Pt/c1-80(2,3)58-46-47-86-78(50-58)89-74-39-21-14-30-64(74)65-43-42-61(52-76(65)89)90-60-29-22-28-59(51-60)87-53-88(79-62(54-24-10-8-11-25-54)31-23-32-63(79)55-26-12-9-13-27-55)75-45-41-57(49-77(75)87)56-40-44-72-73(48-56)84(7)71-38-20-19-37-70(71)82(5)67-34-16-15-33-66(67)81(4)68-35-17-18-36-69(68)83(72,6)85(81,82)84;/h8-50H,1-7H3;/q-2;/i8D,9D,10D,11D,12D,13D,24D,25D,26D,27D;. The van der Waals surface area contributed by atoms with Gasteiger partial charge in [-0.05, 0) is 130 Å². The van der Waals surface area contributed by atoms with Crippen LogP contribution in [-0.2, 0) is 48.1 Å². The van der Waals surface area contributed by atoms with Gasteiger partial charge < -0.3 is 13.9 Å². The second kappa shape index (κ2) is 19.4. The van der Waals surface area contributed by atoms with Gasteiger partial charge in [-0.1, -0.05) is 248 Å². The number of aromatic nitrogens is 4. The fourth-order valence-electron chi connectivity index (χ4n) is 18.3. The number of rotatable bonds is 8. The molecule has 4 aliphatic carbocycles. The van der Waals surface area contributed by atoms with Gasteiger partial charge in [0, 0.05) is 71.4 Å². The fraction of sp³-hybridized carbons (Fsp3) is 0.153. The first-order valence-electron chi connectivity index (χ1n) is 35.8. The molecule has 0 N–H and O–H groups in total. The molecule has 0 bridgehead atoms. The number of hydrogen-bond acceptors (Lipinski definition) is 2. The molecule has 0 radical (unpaired) electrons. The topological polar surface area (TPSA) is 35.9 Å². The van der Waals surface area contributed by atoms with E-state index in [0.717, 1.165) is 44.3 Å². The summed E-state index contributed by atoms with van der Waals surface area (Å²) in [5.41, 5.74) is 14.6. The molecule has 3 heterocycles. The summed E-state index contributed by atoms with van der Waals surface area (Å²) in [6.07, 6.45) is 5.48. The summed E-state index contributed by atoms with van der Waals surface area (Å²) in [5.74, 6) is 1.51. The number of nitrogens with zero attached hydrogens (tertiary/aromatic N) is 4. The Morgan fingerprint density at radius 1 is 0.473 bits per heavy atom.